The molecule has 0 bridgehead atoms. The average molecular weight is 275 g/mol. The lowest BCUT2D eigenvalue weighted by molar-refractivity contribution is -0.131. The van der Waals surface area contributed by atoms with Crippen molar-refractivity contribution >= 4 is 23.2 Å². The Morgan fingerprint density at radius 2 is 2.20 bits per heavy atom. The molecule has 108 valence electrons. The summed E-state index contributed by atoms with van der Waals surface area (Å²) in [5.74, 6) is 0.259. The third-order valence-corrected chi connectivity index (χ3v) is 3.56. The highest BCUT2D eigenvalue weighted by Crippen LogP contribution is 2.22. The number of benzene rings is 1. The van der Waals surface area contributed by atoms with Gasteiger partial charge >= 0.3 is 0 Å². The number of para-hydroxylation sites is 2. The Bertz CT molecular complexity index is 502. The van der Waals surface area contributed by atoms with Crippen LogP contribution >= 0.6 is 0 Å². The van der Waals surface area contributed by atoms with Gasteiger partial charge in [0, 0.05) is 13.0 Å². The van der Waals surface area contributed by atoms with E-state index in [0.29, 0.717) is 30.3 Å². The molecule has 1 unspecified atom stereocenters. The summed E-state index contributed by atoms with van der Waals surface area (Å²) in [6.45, 7) is 2.90. The number of nitrogens with two attached hydrogens (primary N) is 1. The van der Waals surface area contributed by atoms with E-state index in [2.05, 4.69) is 12.2 Å². The van der Waals surface area contributed by atoms with E-state index in [9.17, 15) is 9.59 Å². The first kappa shape index (κ1) is 14.4. The van der Waals surface area contributed by atoms with Gasteiger partial charge in [0.25, 0.3) is 0 Å². The summed E-state index contributed by atoms with van der Waals surface area (Å²) in [6.07, 6.45) is 2.67. The number of nitrogen functional groups attached to an aromatic ring is 1. The number of carbonyl (C=O) groups is 2. The molecule has 5 nitrogen and oxygen atoms in total. The van der Waals surface area contributed by atoms with Crippen molar-refractivity contribution < 1.29 is 9.59 Å². The zero-order chi connectivity index (χ0) is 14.5. The van der Waals surface area contributed by atoms with Crippen LogP contribution in [0.1, 0.15) is 26.2 Å². The topological polar surface area (TPSA) is 75.4 Å². The lowest BCUT2D eigenvalue weighted by atomic mass is 10.0. The number of carbonyl (C=O) groups excluding carboxylic acids is 2. The minimum atomic E-state index is -0.201. The molecular weight excluding hydrogens is 254 g/mol. The molecule has 2 rings (SSSR count). The molecule has 1 aromatic rings. The molecule has 3 N–H and O–H groups in total. The maximum atomic E-state index is 12.0. The van der Waals surface area contributed by atoms with Gasteiger partial charge in [0.05, 0.1) is 17.9 Å². The van der Waals surface area contributed by atoms with Crippen LogP contribution in [0, 0.1) is 5.92 Å². The van der Waals surface area contributed by atoms with Gasteiger partial charge in [-0.2, -0.15) is 0 Å². The van der Waals surface area contributed by atoms with E-state index >= 15 is 0 Å². The van der Waals surface area contributed by atoms with Gasteiger partial charge in [-0.05, 0) is 24.5 Å². The molecule has 1 saturated heterocycles. The summed E-state index contributed by atoms with van der Waals surface area (Å²) in [4.78, 5) is 25.4. The first-order chi connectivity index (χ1) is 9.60. The number of amides is 2. The highest BCUT2D eigenvalue weighted by atomic mass is 16.2. The van der Waals surface area contributed by atoms with Crippen LogP contribution in [0.5, 0.6) is 0 Å². The summed E-state index contributed by atoms with van der Waals surface area (Å²) >= 11 is 0. The van der Waals surface area contributed by atoms with E-state index in [4.69, 9.17) is 5.73 Å². The smallest absolute Gasteiger partial charge is 0.244 e. The number of nitrogens with one attached hydrogen (secondary N) is 1. The fourth-order valence-electron chi connectivity index (χ4n) is 2.58. The van der Waals surface area contributed by atoms with E-state index < -0.39 is 0 Å². The second-order valence-electron chi connectivity index (χ2n) is 5.27. The van der Waals surface area contributed by atoms with Crippen LogP contribution in [-0.2, 0) is 9.59 Å². The van der Waals surface area contributed by atoms with Crippen molar-refractivity contribution in [3.63, 3.8) is 0 Å². The lowest BCUT2D eigenvalue weighted by Crippen LogP contribution is -2.34. The minimum absolute atomic E-state index is 0.0691. The number of hydrogen-bond donors (Lipinski definition) is 2. The van der Waals surface area contributed by atoms with Gasteiger partial charge in [-0.3, -0.25) is 9.59 Å². The molecule has 1 heterocycles. The number of hydrogen-bond acceptors (Lipinski definition) is 3. The molecule has 1 aromatic carbocycles. The normalized spacial score (nSPS) is 18.4. The molecule has 0 aliphatic carbocycles. The maximum Gasteiger partial charge on any atom is 0.244 e. The summed E-state index contributed by atoms with van der Waals surface area (Å²) in [7, 11) is 0. The van der Waals surface area contributed by atoms with Crippen molar-refractivity contribution in [2.75, 3.05) is 24.1 Å². The third-order valence-electron chi connectivity index (χ3n) is 3.56. The zero-order valence-corrected chi connectivity index (χ0v) is 11.8. The minimum Gasteiger partial charge on any atom is -0.397 e. The van der Waals surface area contributed by atoms with Gasteiger partial charge in [-0.15, -0.1) is 0 Å². The van der Waals surface area contributed by atoms with Gasteiger partial charge in [0.1, 0.15) is 0 Å². The number of nitrogens with zero attached hydrogens (tertiary/aromatic N) is 1. The molecule has 1 aliphatic rings. The molecular formula is C15H21N3O2. The van der Waals surface area contributed by atoms with Crippen molar-refractivity contribution in [1.82, 2.24) is 4.90 Å². The van der Waals surface area contributed by atoms with Crippen LogP contribution in [-0.4, -0.2) is 29.8 Å². The van der Waals surface area contributed by atoms with E-state index in [0.717, 1.165) is 12.8 Å². The summed E-state index contributed by atoms with van der Waals surface area (Å²) in [5, 5.41) is 2.75. The summed E-state index contributed by atoms with van der Waals surface area (Å²) < 4.78 is 0. The van der Waals surface area contributed by atoms with Crippen LogP contribution in [0.25, 0.3) is 0 Å². The molecule has 0 radical (unpaired) electrons. The van der Waals surface area contributed by atoms with Crippen LogP contribution in [0.3, 0.4) is 0 Å². The first-order valence-electron chi connectivity index (χ1n) is 7.02. The summed E-state index contributed by atoms with van der Waals surface area (Å²) in [6, 6.07) is 7.10. The first-order valence-corrected chi connectivity index (χ1v) is 7.02. The van der Waals surface area contributed by atoms with Crippen molar-refractivity contribution in [3.8, 4) is 0 Å². The predicted molar refractivity (Wildman–Crippen MR) is 79.1 cm³/mol. The van der Waals surface area contributed by atoms with Crippen molar-refractivity contribution in [3.05, 3.63) is 24.3 Å². The van der Waals surface area contributed by atoms with E-state index in [1.54, 1.807) is 17.0 Å². The van der Waals surface area contributed by atoms with Gasteiger partial charge < -0.3 is 16.0 Å². The molecule has 1 atom stereocenters. The lowest BCUT2D eigenvalue weighted by Gasteiger charge is -2.16. The molecule has 1 fully saturated rings. The van der Waals surface area contributed by atoms with E-state index in [1.807, 2.05) is 12.1 Å². The molecule has 20 heavy (non-hydrogen) atoms. The van der Waals surface area contributed by atoms with E-state index in [1.165, 1.54) is 0 Å². The Morgan fingerprint density at radius 3 is 2.90 bits per heavy atom. The Hall–Kier alpha value is -2.04. The van der Waals surface area contributed by atoms with Crippen molar-refractivity contribution in [2.45, 2.75) is 26.2 Å². The number of anilines is 2. The predicted octanol–water partition coefficient (Wildman–Crippen LogP) is 1.86. The molecule has 0 saturated carbocycles. The van der Waals surface area contributed by atoms with Crippen molar-refractivity contribution in [1.29, 1.82) is 0 Å². The monoisotopic (exact) mass is 275 g/mol. The second kappa shape index (κ2) is 6.41. The van der Waals surface area contributed by atoms with E-state index in [-0.39, 0.29) is 18.4 Å². The van der Waals surface area contributed by atoms with Crippen molar-refractivity contribution in [2.24, 2.45) is 5.92 Å². The molecule has 5 heteroatoms. The highest BCUT2D eigenvalue weighted by Gasteiger charge is 2.30. The second-order valence-corrected chi connectivity index (χ2v) is 5.27. The number of likely N-dealkylation sites (tertiary alicyclic amines) is 1. The fourth-order valence-corrected chi connectivity index (χ4v) is 2.58. The highest BCUT2D eigenvalue weighted by molar-refractivity contribution is 5.97. The third kappa shape index (κ3) is 3.50. The van der Waals surface area contributed by atoms with Crippen LogP contribution in [0.15, 0.2) is 24.3 Å². The Labute approximate surface area is 119 Å². The van der Waals surface area contributed by atoms with Crippen LogP contribution in [0.4, 0.5) is 11.4 Å². The molecule has 0 spiro atoms. The molecule has 0 aromatic heterocycles. The number of rotatable bonds is 5. The summed E-state index contributed by atoms with van der Waals surface area (Å²) in [5.41, 5.74) is 6.89. The maximum absolute atomic E-state index is 12.0. The van der Waals surface area contributed by atoms with Gasteiger partial charge in [-0.1, -0.05) is 25.5 Å². The SMILES string of the molecule is CCCC1CC(=O)N(CC(=O)Nc2ccccc2N)C1. The molecule has 1 aliphatic heterocycles. The van der Waals surface area contributed by atoms with Gasteiger partial charge in [0.15, 0.2) is 0 Å². The standard InChI is InChI=1S/C15H21N3O2/c1-2-5-11-8-15(20)18(9-11)10-14(19)17-13-7-4-3-6-12(13)16/h3-4,6-7,11H,2,5,8-10,16H2,1H3,(H,17,19). The molecule has 2 amide bonds. The quantitative estimate of drug-likeness (QED) is 0.805. The van der Waals surface area contributed by atoms with Crippen LogP contribution in [0.2, 0.25) is 0 Å². The fraction of sp³-hybridized carbons (Fsp3) is 0.467. The Morgan fingerprint density at radius 1 is 1.45 bits per heavy atom. The average Bonchev–Trinajstić information content (AvgIpc) is 2.73. The zero-order valence-electron chi connectivity index (χ0n) is 11.8. The Kier molecular flexibility index (Phi) is 4.61. The Balaban J connectivity index is 1.89. The largest absolute Gasteiger partial charge is 0.397 e. The van der Waals surface area contributed by atoms with Gasteiger partial charge in [0.2, 0.25) is 11.8 Å². The van der Waals surface area contributed by atoms with Gasteiger partial charge in [-0.25, -0.2) is 0 Å². The van der Waals surface area contributed by atoms with Crippen LogP contribution < -0.4 is 11.1 Å².